The minimum Gasteiger partial charge on any atom is -0.486 e. The lowest BCUT2D eigenvalue weighted by Gasteiger charge is -2.15. The molecule has 2 heterocycles. The minimum absolute atomic E-state index is 0.0702. The Morgan fingerprint density at radius 1 is 1.21 bits per heavy atom. The van der Waals surface area contributed by atoms with Gasteiger partial charge in [0, 0.05) is 22.9 Å². The second-order valence-electron chi connectivity index (χ2n) is 8.58. The van der Waals surface area contributed by atoms with Gasteiger partial charge in [-0.25, -0.2) is 12.4 Å². The molecule has 0 saturated heterocycles. The van der Waals surface area contributed by atoms with E-state index in [4.69, 9.17) is 9.26 Å². The molecule has 1 N–H and O–H groups in total. The lowest BCUT2D eigenvalue weighted by molar-refractivity contribution is -0.125. The van der Waals surface area contributed by atoms with E-state index >= 15 is 0 Å². The first-order chi connectivity index (χ1) is 16.3. The molecule has 5 rings (SSSR count). The van der Waals surface area contributed by atoms with Crippen molar-refractivity contribution < 1.29 is 22.5 Å². The summed E-state index contributed by atoms with van der Waals surface area (Å²) in [5.41, 5.74) is 1.15. The molecule has 1 aliphatic rings. The normalized spacial score (nSPS) is 14.8. The summed E-state index contributed by atoms with van der Waals surface area (Å²) in [6, 6.07) is 15.2. The van der Waals surface area contributed by atoms with Gasteiger partial charge in [0.15, 0.2) is 0 Å². The summed E-state index contributed by atoms with van der Waals surface area (Å²) in [6.45, 7) is 2.16. The third-order valence-corrected chi connectivity index (χ3v) is 8.41. The first-order valence-corrected chi connectivity index (χ1v) is 13.0. The van der Waals surface area contributed by atoms with E-state index in [9.17, 15) is 13.2 Å². The highest BCUT2D eigenvalue weighted by Gasteiger charge is 2.44. The molecule has 176 valence electrons. The van der Waals surface area contributed by atoms with Crippen LogP contribution >= 0.6 is 15.9 Å². The second kappa shape index (κ2) is 8.59. The summed E-state index contributed by atoms with van der Waals surface area (Å²) < 4.78 is 40.1. The van der Waals surface area contributed by atoms with E-state index in [0.717, 1.165) is 12.8 Å². The Bertz CT molecular complexity index is 1460. The van der Waals surface area contributed by atoms with Crippen LogP contribution in [0.15, 0.2) is 74.8 Å². The van der Waals surface area contributed by atoms with Crippen molar-refractivity contribution in [2.75, 3.05) is 0 Å². The van der Waals surface area contributed by atoms with Crippen molar-refractivity contribution in [3.8, 4) is 5.75 Å². The van der Waals surface area contributed by atoms with Crippen molar-refractivity contribution in [3.63, 3.8) is 0 Å². The Morgan fingerprint density at radius 3 is 2.65 bits per heavy atom. The molecule has 0 unspecified atom stereocenters. The highest BCUT2D eigenvalue weighted by molar-refractivity contribution is 9.10. The van der Waals surface area contributed by atoms with E-state index in [1.807, 2.05) is 6.92 Å². The smallest absolute Gasteiger partial charge is 0.268 e. The molecule has 1 aliphatic carbocycles. The lowest BCUT2D eigenvalue weighted by atomic mass is 10.1. The maximum Gasteiger partial charge on any atom is 0.268 e. The number of halogens is 1. The minimum atomic E-state index is -3.94. The summed E-state index contributed by atoms with van der Waals surface area (Å²) in [6.07, 6.45) is 3.13. The topological polar surface area (TPSA) is 103 Å². The molecule has 0 spiro atoms. The van der Waals surface area contributed by atoms with Crippen LogP contribution in [-0.2, 0) is 28.0 Å². The molecular formula is C24H22BrN3O5S. The molecule has 10 heteroatoms. The highest BCUT2D eigenvalue weighted by atomic mass is 79.9. The number of fused-ring (bicyclic) bond motifs is 1. The Labute approximate surface area is 205 Å². The van der Waals surface area contributed by atoms with Crippen molar-refractivity contribution in [1.29, 1.82) is 0 Å². The van der Waals surface area contributed by atoms with E-state index in [0.29, 0.717) is 32.5 Å². The molecule has 4 aromatic rings. The Morgan fingerprint density at radius 2 is 1.97 bits per heavy atom. The van der Waals surface area contributed by atoms with Crippen LogP contribution in [0.2, 0.25) is 0 Å². The van der Waals surface area contributed by atoms with E-state index in [1.165, 1.54) is 10.2 Å². The Balaban J connectivity index is 1.58. The van der Waals surface area contributed by atoms with E-state index in [-0.39, 0.29) is 29.4 Å². The quantitative estimate of drug-likeness (QED) is 0.347. The van der Waals surface area contributed by atoms with Gasteiger partial charge in [-0.15, -0.1) is 0 Å². The van der Waals surface area contributed by atoms with Crippen LogP contribution in [0.3, 0.4) is 0 Å². The average molecular weight is 544 g/mol. The standard InChI is InChI=1S/C24H22BrN3O5S/c1-24(8-9-24)23(29)26-14-18-11-16-12-20(25)22(32-15-17-7-10-33-27-17)13-21(16)28(18)34(30,31)19-5-3-2-4-6-19/h2-7,10-13H,8-9,14-15H2,1H3,(H,26,29). The molecule has 2 aromatic carbocycles. The van der Waals surface area contributed by atoms with E-state index < -0.39 is 10.0 Å². The number of hydrogen-bond acceptors (Lipinski definition) is 6. The third-order valence-electron chi connectivity index (χ3n) is 6.01. The van der Waals surface area contributed by atoms with Crippen LogP contribution in [0.5, 0.6) is 5.75 Å². The maximum absolute atomic E-state index is 13.7. The van der Waals surface area contributed by atoms with Gasteiger partial charge in [-0.1, -0.05) is 30.3 Å². The average Bonchev–Trinajstić information content (AvgIpc) is 3.22. The Hall–Kier alpha value is -3.11. The van der Waals surface area contributed by atoms with Crippen molar-refractivity contribution in [1.82, 2.24) is 14.4 Å². The number of hydrogen-bond donors (Lipinski definition) is 1. The lowest BCUT2D eigenvalue weighted by Crippen LogP contribution is -2.31. The number of carbonyl (C=O) groups excluding carboxylic acids is 1. The zero-order valence-electron chi connectivity index (χ0n) is 18.3. The predicted octanol–water partition coefficient (Wildman–Crippen LogP) is 4.62. The zero-order valence-corrected chi connectivity index (χ0v) is 20.7. The molecule has 1 amide bonds. The number of ether oxygens (including phenoxy) is 1. The molecule has 1 fully saturated rings. The SMILES string of the molecule is CC1(C(=O)NCc2cc3cc(Br)c(OCc4ccon4)cc3n2S(=O)(=O)c2ccccc2)CC1. The molecule has 0 atom stereocenters. The van der Waals surface area contributed by atoms with Gasteiger partial charge in [-0.2, -0.15) is 0 Å². The molecule has 8 nitrogen and oxygen atoms in total. The van der Waals surface area contributed by atoms with Gasteiger partial charge in [0.1, 0.15) is 24.3 Å². The molecule has 0 aliphatic heterocycles. The Kier molecular flexibility index (Phi) is 5.73. The fourth-order valence-electron chi connectivity index (χ4n) is 3.72. The number of aromatic nitrogens is 2. The second-order valence-corrected chi connectivity index (χ2v) is 11.2. The van der Waals surface area contributed by atoms with Crippen LogP contribution in [-0.4, -0.2) is 23.5 Å². The fraction of sp³-hybridized carbons (Fsp3) is 0.250. The van der Waals surface area contributed by atoms with Gasteiger partial charge in [-0.3, -0.25) is 4.79 Å². The molecule has 0 bridgehead atoms. The van der Waals surface area contributed by atoms with Crippen molar-refractivity contribution >= 4 is 42.8 Å². The number of rotatable bonds is 8. The van der Waals surface area contributed by atoms with Gasteiger partial charge >= 0.3 is 0 Å². The molecule has 34 heavy (non-hydrogen) atoms. The van der Waals surface area contributed by atoms with Crippen molar-refractivity contribution in [2.24, 2.45) is 5.41 Å². The maximum atomic E-state index is 13.7. The number of carbonyl (C=O) groups is 1. The van der Waals surface area contributed by atoms with Crippen LogP contribution in [0.1, 0.15) is 31.2 Å². The van der Waals surface area contributed by atoms with Crippen LogP contribution < -0.4 is 10.1 Å². The molecule has 2 aromatic heterocycles. The van der Waals surface area contributed by atoms with Gasteiger partial charge in [0.25, 0.3) is 10.0 Å². The summed E-state index contributed by atoms with van der Waals surface area (Å²) >= 11 is 3.51. The fourth-order valence-corrected chi connectivity index (χ4v) is 5.75. The van der Waals surface area contributed by atoms with Gasteiger partial charge in [0.05, 0.1) is 27.1 Å². The summed E-state index contributed by atoms with van der Waals surface area (Å²) in [7, 11) is -3.94. The van der Waals surface area contributed by atoms with Crippen molar-refractivity contribution in [2.45, 2.75) is 37.8 Å². The first-order valence-electron chi connectivity index (χ1n) is 10.7. The molecule has 0 radical (unpaired) electrons. The molecular weight excluding hydrogens is 522 g/mol. The van der Waals surface area contributed by atoms with Gasteiger partial charge < -0.3 is 14.6 Å². The number of amides is 1. The van der Waals surface area contributed by atoms with Crippen LogP contribution in [0, 0.1) is 5.41 Å². The number of nitrogens with zero attached hydrogens (tertiary/aromatic N) is 2. The first kappa shape index (κ1) is 22.7. The van der Waals surface area contributed by atoms with E-state index in [2.05, 4.69) is 26.4 Å². The largest absolute Gasteiger partial charge is 0.486 e. The van der Waals surface area contributed by atoms with Crippen LogP contribution in [0.4, 0.5) is 0 Å². The number of nitrogens with one attached hydrogen (secondary N) is 1. The monoisotopic (exact) mass is 543 g/mol. The highest BCUT2D eigenvalue weighted by Crippen LogP contribution is 2.45. The van der Waals surface area contributed by atoms with E-state index in [1.54, 1.807) is 54.6 Å². The van der Waals surface area contributed by atoms with Gasteiger partial charge in [0.2, 0.25) is 5.91 Å². The zero-order chi connectivity index (χ0) is 23.9. The van der Waals surface area contributed by atoms with Gasteiger partial charge in [-0.05, 0) is 53.0 Å². The summed E-state index contributed by atoms with van der Waals surface area (Å²) in [5, 5.41) is 7.44. The van der Waals surface area contributed by atoms with Crippen molar-refractivity contribution in [3.05, 3.63) is 76.7 Å². The predicted molar refractivity (Wildman–Crippen MR) is 129 cm³/mol. The molecule has 1 saturated carbocycles. The van der Waals surface area contributed by atoms with Crippen LogP contribution in [0.25, 0.3) is 10.9 Å². The third kappa shape index (κ3) is 4.23. The summed E-state index contributed by atoms with van der Waals surface area (Å²) in [5.74, 6) is 0.387. The summed E-state index contributed by atoms with van der Waals surface area (Å²) in [4.78, 5) is 12.7. The number of benzene rings is 2.